The molecule has 0 aliphatic heterocycles. The minimum atomic E-state index is -4.66. The highest BCUT2D eigenvalue weighted by molar-refractivity contribution is 5.73. The van der Waals surface area contributed by atoms with Crippen LogP contribution in [0.5, 0.6) is 0 Å². The lowest BCUT2D eigenvalue weighted by Crippen LogP contribution is -2.08. The minimum absolute atomic E-state index is 0.141. The largest absolute Gasteiger partial charge is 0.435 e. The van der Waals surface area contributed by atoms with Gasteiger partial charge in [0.15, 0.2) is 11.4 Å². The van der Waals surface area contributed by atoms with Crippen LogP contribution < -0.4 is 0 Å². The maximum Gasteiger partial charge on any atom is 0.435 e. The number of hydrogen-bond acceptors (Lipinski definition) is 2. The van der Waals surface area contributed by atoms with Crippen molar-refractivity contribution in [2.45, 2.75) is 13.1 Å². The third kappa shape index (κ3) is 2.76. The first-order chi connectivity index (χ1) is 11.4. The molecule has 3 aromatic rings. The Morgan fingerprint density at radius 3 is 2.17 bits per heavy atom. The lowest BCUT2D eigenvalue weighted by atomic mass is 10.0. The van der Waals surface area contributed by atoms with Crippen molar-refractivity contribution in [3.8, 4) is 22.9 Å². The molecule has 120 valence electrons. The molecule has 0 N–H and O–H groups in total. The maximum atomic E-state index is 13.5. The number of halogens is 3. The molecule has 1 heterocycles. The Morgan fingerprint density at radius 2 is 1.62 bits per heavy atom. The molecule has 0 saturated heterocycles. The molecule has 0 radical (unpaired) electrons. The number of nitriles is 1. The SMILES string of the molecule is Cc1ccc(-n2nc(C(F)(F)F)c(-c3ccccc3)c2C#N)cc1. The maximum absolute atomic E-state index is 13.5. The topological polar surface area (TPSA) is 41.6 Å². The van der Waals surface area contributed by atoms with E-state index in [4.69, 9.17) is 0 Å². The molecule has 0 saturated carbocycles. The molecule has 0 aliphatic rings. The first-order valence-electron chi connectivity index (χ1n) is 7.14. The normalized spacial score (nSPS) is 11.3. The van der Waals surface area contributed by atoms with E-state index in [1.165, 1.54) is 12.1 Å². The van der Waals surface area contributed by atoms with E-state index in [0.717, 1.165) is 10.2 Å². The summed E-state index contributed by atoms with van der Waals surface area (Å²) in [7, 11) is 0. The van der Waals surface area contributed by atoms with E-state index in [9.17, 15) is 18.4 Å². The number of aromatic nitrogens is 2. The van der Waals surface area contributed by atoms with E-state index in [1.54, 1.807) is 42.5 Å². The van der Waals surface area contributed by atoms with Crippen molar-refractivity contribution >= 4 is 0 Å². The van der Waals surface area contributed by atoms with Crippen LogP contribution in [0, 0.1) is 18.3 Å². The number of alkyl halides is 3. The number of aryl methyl sites for hydroxylation is 1. The van der Waals surface area contributed by atoms with Gasteiger partial charge in [-0.2, -0.15) is 23.5 Å². The molecule has 0 aliphatic carbocycles. The van der Waals surface area contributed by atoms with Gasteiger partial charge in [-0.1, -0.05) is 48.0 Å². The average Bonchev–Trinajstić information content (AvgIpc) is 2.96. The van der Waals surface area contributed by atoms with Gasteiger partial charge in [0.1, 0.15) is 6.07 Å². The molecular formula is C18H12F3N3. The molecule has 3 rings (SSSR count). The summed E-state index contributed by atoms with van der Waals surface area (Å²) in [4.78, 5) is 0. The molecular weight excluding hydrogens is 315 g/mol. The van der Waals surface area contributed by atoms with Crippen LogP contribution in [0.15, 0.2) is 54.6 Å². The van der Waals surface area contributed by atoms with Gasteiger partial charge < -0.3 is 0 Å². The highest BCUT2D eigenvalue weighted by Gasteiger charge is 2.40. The van der Waals surface area contributed by atoms with Crippen molar-refractivity contribution in [2.75, 3.05) is 0 Å². The summed E-state index contributed by atoms with van der Waals surface area (Å²) < 4.78 is 41.4. The Hall–Kier alpha value is -3.07. The lowest BCUT2D eigenvalue weighted by Gasteiger charge is -2.06. The number of nitrogens with zero attached hydrogens (tertiary/aromatic N) is 3. The monoisotopic (exact) mass is 327 g/mol. The van der Waals surface area contributed by atoms with Gasteiger partial charge in [0.25, 0.3) is 0 Å². The van der Waals surface area contributed by atoms with E-state index < -0.39 is 11.9 Å². The van der Waals surface area contributed by atoms with Crippen molar-refractivity contribution in [1.82, 2.24) is 9.78 Å². The zero-order valence-electron chi connectivity index (χ0n) is 12.7. The Bertz CT molecular complexity index is 902. The van der Waals surface area contributed by atoms with E-state index in [2.05, 4.69) is 5.10 Å². The van der Waals surface area contributed by atoms with Crippen molar-refractivity contribution in [2.24, 2.45) is 0 Å². The van der Waals surface area contributed by atoms with Gasteiger partial charge in [-0.3, -0.25) is 0 Å². The van der Waals surface area contributed by atoms with Crippen molar-refractivity contribution in [3.63, 3.8) is 0 Å². The predicted molar refractivity (Wildman–Crippen MR) is 83.5 cm³/mol. The first kappa shape index (κ1) is 15.8. The van der Waals surface area contributed by atoms with Crippen molar-refractivity contribution < 1.29 is 13.2 Å². The zero-order valence-corrected chi connectivity index (χ0v) is 12.7. The quantitative estimate of drug-likeness (QED) is 0.682. The van der Waals surface area contributed by atoms with Gasteiger partial charge in [0, 0.05) is 0 Å². The fourth-order valence-corrected chi connectivity index (χ4v) is 2.47. The smallest absolute Gasteiger partial charge is 0.222 e. The van der Waals surface area contributed by atoms with Gasteiger partial charge in [-0.05, 0) is 24.6 Å². The molecule has 2 aromatic carbocycles. The Kier molecular flexibility index (Phi) is 3.86. The number of rotatable bonds is 2. The van der Waals surface area contributed by atoms with Crippen molar-refractivity contribution in [1.29, 1.82) is 5.26 Å². The molecule has 24 heavy (non-hydrogen) atoms. The highest BCUT2D eigenvalue weighted by Crippen LogP contribution is 2.39. The second-order valence-electron chi connectivity index (χ2n) is 5.30. The van der Waals surface area contributed by atoms with Crippen LogP contribution in [0.2, 0.25) is 0 Å². The molecule has 0 spiro atoms. The Labute approximate surface area is 136 Å². The Balaban J connectivity index is 2.32. The van der Waals surface area contributed by atoms with Crippen LogP contribution in [0.1, 0.15) is 17.0 Å². The fraction of sp³-hybridized carbons (Fsp3) is 0.111. The van der Waals surface area contributed by atoms with Crippen molar-refractivity contribution in [3.05, 3.63) is 71.5 Å². The number of hydrogen-bond donors (Lipinski definition) is 0. The Morgan fingerprint density at radius 1 is 1.00 bits per heavy atom. The van der Waals surface area contributed by atoms with Crippen LogP contribution in [-0.4, -0.2) is 9.78 Å². The summed E-state index contributed by atoms with van der Waals surface area (Å²) in [5.74, 6) is 0. The minimum Gasteiger partial charge on any atom is -0.222 e. The standard InChI is InChI=1S/C18H12F3N3/c1-12-7-9-14(10-8-12)24-15(11-22)16(13-5-3-2-4-6-13)17(23-24)18(19,20)21/h2-10H,1H3. The van der Waals surface area contributed by atoms with Crippen LogP contribution in [0.25, 0.3) is 16.8 Å². The second-order valence-corrected chi connectivity index (χ2v) is 5.30. The van der Waals surface area contributed by atoms with Gasteiger partial charge in [-0.15, -0.1) is 0 Å². The molecule has 3 nitrogen and oxygen atoms in total. The van der Waals surface area contributed by atoms with Gasteiger partial charge in [-0.25, -0.2) is 4.68 Å². The summed E-state index contributed by atoms with van der Waals surface area (Å²) >= 11 is 0. The van der Waals surface area contributed by atoms with Crippen LogP contribution >= 0.6 is 0 Å². The van der Waals surface area contributed by atoms with E-state index in [-0.39, 0.29) is 11.3 Å². The third-order valence-electron chi connectivity index (χ3n) is 3.60. The molecule has 1 aromatic heterocycles. The molecule has 0 atom stereocenters. The van der Waals surface area contributed by atoms with Gasteiger partial charge in [0.2, 0.25) is 0 Å². The van der Waals surface area contributed by atoms with E-state index >= 15 is 0 Å². The van der Waals surface area contributed by atoms with E-state index in [1.807, 2.05) is 13.0 Å². The summed E-state index contributed by atoms with van der Waals surface area (Å²) in [6.45, 7) is 1.87. The van der Waals surface area contributed by atoms with Crippen LogP contribution in [0.4, 0.5) is 13.2 Å². The highest BCUT2D eigenvalue weighted by atomic mass is 19.4. The van der Waals surface area contributed by atoms with Crippen LogP contribution in [0.3, 0.4) is 0 Å². The van der Waals surface area contributed by atoms with Crippen LogP contribution in [-0.2, 0) is 6.18 Å². The average molecular weight is 327 g/mol. The molecule has 0 amide bonds. The van der Waals surface area contributed by atoms with Gasteiger partial charge >= 0.3 is 6.18 Å². The lowest BCUT2D eigenvalue weighted by molar-refractivity contribution is -0.140. The fourth-order valence-electron chi connectivity index (χ4n) is 2.47. The summed E-state index contributed by atoms with van der Waals surface area (Å²) in [5.41, 5.74) is 0.266. The first-order valence-corrected chi connectivity index (χ1v) is 7.14. The molecule has 0 unspecified atom stereocenters. The predicted octanol–water partition coefficient (Wildman–Crippen LogP) is 4.74. The molecule has 0 fully saturated rings. The summed E-state index contributed by atoms with van der Waals surface area (Å²) in [5, 5.41) is 13.2. The third-order valence-corrected chi connectivity index (χ3v) is 3.60. The summed E-state index contributed by atoms with van der Waals surface area (Å²) in [6.07, 6.45) is -4.66. The zero-order chi connectivity index (χ0) is 17.3. The van der Waals surface area contributed by atoms with Gasteiger partial charge in [0.05, 0.1) is 11.3 Å². The summed E-state index contributed by atoms with van der Waals surface area (Å²) in [6, 6.07) is 16.7. The number of benzene rings is 2. The molecule has 0 bridgehead atoms. The molecule has 6 heteroatoms. The second kappa shape index (κ2) is 5.85. The van der Waals surface area contributed by atoms with E-state index in [0.29, 0.717) is 11.3 Å².